The number of H-pyrrole nitrogens is 1. The van der Waals surface area contributed by atoms with E-state index >= 15 is 4.39 Å². The normalized spacial score (nSPS) is 15.4. The summed E-state index contributed by atoms with van der Waals surface area (Å²) in [5.74, 6) is -0.0868. The van der Waals surface area contributed by atoms with Crippen LogP contribution in [0.25, 0.3) is 44.3 Å². The third-order valence-corrected chi connectivity index (χ3v) is 8.36. The lowest BCUT2D eigenvalue weighted by molar-refractivity contribution is -0.128. The maximum atomic E-state index is 15.2. The summed E-state index contributed by atoms with van der Waals surface area (Å²) in [6.07, 6.45) is 6.40. The summed E-state index contributed by atoms with van der Waals surface area (Å²) >= 11 is 0. The SMILES string of the molecule is CC(=O)N1CC=C(c2cc3c(-c4cccc(-n5ccc6cc(C7CC7)cc(F)c6c5=O)c4CO)nc(N)nc3[nH]2)CC1. The van der Waals surface area contributed by atoms with Crippen LogP contribution in [-0.4, -0.2) is 48.5 Å². The highest BCUT2D eigenvalue weighted by molar-refractivity contribution is 5.95. The zero-order chi connectivity index (χ0) is 29.1. The van der Waals surface area contributed by atoms with E-state index in [1.165, 1.54) is 10.6 Å². The molecule has 1 amide bonds. The number of hydrogen-bond donors (Lipinski definition) is 3. The van der Waals surface area contributed by atoms with E-state index < -0.39 is 18.0 Å². The van der Waals surface area contributed by atoms with Crippen molar-refractivity contribution in [2.24, 2.45) is 0 Å². The fourth-order valence-corrected chi connectivity index (χ4v) is 5.99. The van der Waals surface area contributed by atoms with Crippen molar-refractivity contribution in [1.82, 2.24) is 24.4 Å². The molecule has 3 aromatic heterocycles. The first kappa shape index (κ1) is 26.1. The third kappa shape index (κ3) is 4.35. The lowest BCUT2D eigenvalue weighted by Gasteiger charge is -2.24. The number of carbonyl (C=O) groups excluding carboxylic acids is 1. The first-order valence-electron chi connectivity index (χ1n) is 14.0. The monoisotopic (exact) mass is 564 g/mol. The molecule has 42 heavy (non-hydrogen) atoms. The number of aromatic nitrogens is 4. The van der Waals surface area contributed by atoms with Gasteiger partial charge in [-0.1, -0.05) is 24.3 Å². The number of nitrogens with zero attached hydrogens (tertiary/aromatic N) is 4. The average Bonchev–Trinajstić information content (AvgIpc) is 3.75. The number of fused-ring (bicyclic) bond motifs is 2. The number of benzene rings is 2. The number of halogens is 1. The van der Waals surface area contributed by atoms with Crippen molar-refractivity contribution < 1.29 is 14.3 Å². The van der Waals surface area contributed by atoms with Gasteiger partial charge in [0.2, 0.25) is 11.9 Å². The molecular weight excluding hydrogens is 535 g/mol. The topological polar surface area (TPSA) is 130 Å². The minimum Gasteiger partial charge on any atom is -0.392 e. The zero-order valence-electron chi connectivity index (χ0n) is 23.0. The van der Waals surface area contributed by atoms with Gasteiger partial charge in [-0.25, -0.2) is 9.37 Å². The van der Waals surface area contributed by atoms with Gasteiger partial charge < -0.3 is 20.7 Å². The highest BCUT2D eigenvalue weighted by Crippen LogP contribution is 2.41. The fourth-order valence-electron chi connectivity index (χ4n) is 5.99. The predicted octanol–water partition coefficient (Wildman–Crippen LogP) is 4.66. The highest BCUT2D eigenvalue weighted by atomic mass is 19.1. The minimum atomic E-state index is -0.538. The number of rotatable bonds is 5. The van der Waals surface area contributed by atoms with Crippen molar-refractivity contribution >= 4 is 39.2 Å². The van der Waals surface area contributed by atoms with Crippen molar-refractivity contribution in [1.29, 1.82) is 0 Å². The van der Waals surface area contributed by atoms with Crippen LogP contribution in [0.3, 0.4) is 0 Å². The second-order valence-corrected chi connectivity index (χ2v) is 11.0. The van der Waals surface area contributed by atoms with Crippen molar-refractivity contribution in [3.05, 3.63) is 87.7 Å². The van der Waals surface area contributed by atoms with Crippen molar-refractivity contribution in [3.63, 3.8) is 0 Å². The van der Waals surface area contributed by atoms with Crippen molar-refractivity contribution in [2.45, 2.75) is 38.7 Å². The maximum Gasteiger partial charge on any atom is 0.265 e. The van der Waals surface area contributed by atoms with Gasteiger partial charge in [-0.15, -0.1) is 0 Å². The summed E-state index contributed by atoms with van der Waals surface area (Å²) in [5.41, 5.74) is 10.9. The molecule has 2 aromatic carbocycles. The van der Waals surface area contributed by atoms with Gasteiger partial charge in [-0.05, 0) is 66.0 Å². The average molecular weight is 565 g/mol. The van der Waals surface area contributed by atoms with E-state index in [-0.39, 0.29) is 17.2 Å². The van der Waals surface area contributed by atoms with Crippen LogP contribution in [0.4, 0.5) is 10.3 Å². The van der Waals surface area contributed by atoms with E-state index in [0.29, 0.717) is 64.4 Å². The Bertz CT molecular complexity index is 2010. The van der Waals surface area contributed by atoms with E-state index in [4.69, 9.17) is 5.73 Å². The van der Waals surface area contributed by atoms with Crippen LogP contribution in [-0.2, 0) is 11.4 Å². The smallest absolute Gasteiger partial charge is 0.265 e. The summed E-state index contributed by atoms with van der Waals surface area (Å²) in [5, 5.41) is 11.9. The van der Waals surface area contributed by atoms with Gasteiger partial charge in [0, 0.05) is 48.4 Å². The lowest BCUT2D eigenvalue weighted by atomic mass is 9.99. The largest absolute Gasteiger partial charge is 0.392 e. The van der Waals surface area contributed by atoms with Gasteiger partial charge in [-0.3, -0.25) is 14.2 Å². The van der Waals surface area contributed by atoms with E-state index in [2.05, 4.69) is 15.0 Å². The molecule has 4 heterocycles. The summed E-state index contributed by atoms with van der Waals surface area (Å²) in [4.78, 5) is 39.4. The third-order valence-electron chi connectivity index (χ3n) is 8.36. The zero-order valence-corrected chi connectivity index (χ0v) is 23.0. The molecule has 0 spiro atoms. The molecular formula is C32H29FN6O3. The molecule has 4 N–H and O–H groups in total. The standard InChI is InChI=1S/C32H29FN6O3/c1-17(41)38-10-7-19(8-11-38)26-15-23-29(36-32(34)37-30(23)35-26)22-3-2-4-27(24(22)16-40)39-12-9-20-13-21(18-5-6-18)14-25(33)28(20)31(39)42/h2-4,7,9,12-15,18,40H,5-6,8,10-11,16H2,1H3,(H3,34,35,36,37). The number of nitrogens with one attached hydrogen (secondary N) is 1. The molecule has 0 unspecified atom stereocenters. The Hall–Kier alpha value is -4.83. The number of nitrogen functional groups attached to an aromatic ring is 1. The summed E-state index contributed by atoms with van der Waals surface area (Å²) < 4.78 is 16.6. The van der Waals surface area contributed by atoms with Gasteiger partial charge in [0.25, 0.3) is 5.56 Å². The lowest BCUT2D eigenvalue weighted by Crippen LogP contribution is -2.32. The van der Waals surface area contributed by atoms with Gasteiger partial charge >= 0.3 is 0 Å². The predicted molar refractivity (Wildman–Crippen MR) is 160 cm³/mol. The molecule has 10 heteroatoms. The number of carbonyl (C=O) groups is 1. The molecule has 0 radical (unpaired) electrons. The summed E-state index contributed by atoms with van der Waals surface area (Å²) in [6.45, 7) is 2.32. The van der Waals surface area contributed by atoms with Crippen LogP contribution < -0.4 is 11.3 Å². The van der Waals surface area contributed by atoms with Crippen molar-refractivity contribution in [2.75, 3.05) is 18.8 Å². The van der Waals surface area contributed by atoms with Gasteiger partial charge in [0.1, 0.15) is 11.5 Å². The number of hydrogen-bond acceptors (Lipinski definition) is 6. The minimum absolute atomic E-state index is 0.0178. The molecule has 1 aliphatic heterocycles. The summed E-state index contributed by atoms with van der Waals surface area (Å²) in [7, 11) is 0. The number of pyridine rings is 1. The maximum absolute atomic E-state index is 15.2. The fraction of sp³-hybridized carbons (Fsp3) is 0.250. The Balaban J connectivity index is 1.35. The van der Waals surface area contributed by atoms with Gasteiger partial charge in [0.15, 0.2) is 0 Å². The second kappa shape index (κ2) is 9.92. The van der Waals surface area contributed by atoms with Crippen molar-refractivity contribution in [3.8, 4) is 16.9 Å². The van der Waals surface area contributed by atoms with E-state index in [9.17, 15) is 14.7 Å². The Kier molecular flexibility index (Phi) is 6.16. The number of amides is 1. The van der Waals surface area contributed by atoms with Gasteiger partial charge in [-0.2, -0.15) is 4.98 Å². The number of nitrogens with two attached hydrogens (primary N) is 1. The first-order valence-corrected chi connectivity index (χ1v) is 14.0. The molecule has 1 fully saturated rings. The summed E-state index contributed by atoms with van der Waals surface area (Å²) in [6, 6.07) is 12.3. The Morgan fingerprint density at radius 2 is 2.02 bits per heavy atom. The van der Waals surface area contributed by atoms with Crippen LogP contribution in [0, 0.1) is 5.82 Å². The molecule has 1 saturated carbocycles. The number of aliphatic hydroxyl groups excluding tert-OH is 1. The van der Waals surface area contributed by atoms with E-state index in [1.54, 1.807) is 36.2 Å². The van der Waals surface area contributed by atoms with Gasteiger partial charge in [0.05, 0.1) is 23.4 Å². The molecule has 7 rings (SSSR count). The van der Waals surface area contributed by atoms with Crippen LogP contribution >= 0.6 is 0 Å². The molecule has 2 aliphatic rings. The Morgan fingerprint density at radius 1 is 1.19 bits per heavy atom. The first-order chi connectivity index (χ1) is 20.3. The number of aliphatic hydroxyl groups is 1. The molecule has 0 atom stereocenters. The highest BCUT2D eigenvalue weighted by Gasteiger charge is 2.26. The quantitative estimate of drug-likeness (QED) is 0.285. The Labute approximate surface area is 240 Å². The van der Waals surface area contributed by atoms with E-state index in [1.807, 2.05) is 24.3 Å². The van der Waals surface area contributed by atoms with Crippen LogP contribution in [0.1, 0.15) is 48.9 Å². The number of anilines is 1. The van der Waals surface area contributed by atoms with Crippen LogP contribution in [0.15, 0.2) is 59.5 Å². The second-order valence-electron chi connectivity index (χ2n) is 11.0. The van der Waals surface area contributed by atoms with E-state index in [0.717, 1.165) is 29.7 Å². The molecule has 9 nitrogen and oxygen atoms in total. The molecule has 0 bridgehead atoms. The Morgan fingerprint density at radius 3 is 2.74 bits per heavy atom. The molecule has 0 saturated heterocycles. The van der Waals surface area contributed by atoms with Crippen LogP contribution in [0.2, 0.25) is 0 Å². The van der Waals surface area contributed by atoms with Crippen LogP contribution in [0.5, 0.6) is 0 Å². The molecule has 1 aliphatic carbocycles. The molecule has 5 aromatic rings. The molecule has 212 valence electrons. The number of aromatic amines is 1.